The lowest BCUT2D eigenvalue weighted by Crippen LogP contribution is -2.28. The second-order valence-corrected chi connectivity index (χ2v) is 4.80. The molecule has 1 unspecified atom stereocenters. The Morgan fingerprint density at radius 3 is 2.67 bits per heavy atom. The first-order valence-electron chi connectivity index (χ1n) is 5.15. The van der Waals surface area contributed by atoms with Crippen LogP contribution >= 0.6 is 15.9 Å². The summed E-state index contributed by atoms with van der Waals surface area (Å²) >= 11 is 3.47. The molecule has 4 heteroatoms. The van der Waals surface area contributed by atoms with Crippen LogP contribution < -0.4 is 5.56 Å². The van der Waals surface area contributed by atoms with Crippen molar-refractivity contribution in [1.82, 2.24) is 9.78 Å². The van der Waals surface area contributed by atoms with Crippen molar-refractivity contribution in [3.8, 4) is 0 Å². The quantitative estimate of drug-likeness (QED) is 0.788. The Labute approximate surface area is 98.6 Å². The van der Waals surface area contributed by atoms with Gasteiger partial charge in [-0.3, -0.25) is 4.79 Å². The van der Waals surface area contributed by atoms with Crippen molar-refractivity contribution in [2.75, 3.05) is 5.33 Å². The Bertz CT molecular complexity index is 373. The van der Waals surface area contributed by atoms with E-state index in [1.165, 1.54) is 0 Å². The lowest BCUT2D eigenvalue weighted by atomic mass is 9.98. The summed E-state index contributed by atoms with van der Waals surface area (Å²) < 4.78 is 1.56. The summed E-state index contributed by atoms with van der Waals surface area (Å²) in [4.78, 5) is 11.5. The maximum absolute atomic E-state index is 11.5. The maximum Gasteiger partial charge on any atom is 0.266 e. The summed E-state index contributed by atoms with van der Waals surface area (Å²) in [7, 11) is 0. The molecule has 0 bridgehead atoms. The van der Waals surface area contributed by atoms with Crippen molar-refractivity contribution in [3.63, 3.8) is 0 Å². The van der Waals surface area contributed by atoms with Crippen LogP contribution in [0.5, 0.6) is 0 Å². The van der Waals surface area contributed by atoms with Gasteiger partial charge in [0.05, 0.1) is 5.69 Å². The summed E-state index contributed by atoms with van der Waals surface area (Å²) in [6.07, 6.45) is 0. The van der Waals surface area contributed by atoms with Gasteiger partial charge in [-0.1, -0.05) is 29.8 Å². The molecule has 0 spiro atoms. The summed E-state index contributed by atoms with van der Waals surface area (Å²) in [5.74, 6) is 0.982. The van der Waals surface area contributed by atoms with Crippen LogP contribution in [0.2, 0.25) is 0 Å². The molecule has 1 heterocycles. The summed E-state index contributed by atoms with van der Waals surface area (Å²) in [5.41, 5.74) is 0.860. The molecule has 15 heavy (non-hydrogen) atoms. The van der Waals surface area contributed by atoms with E-state index in [1.54, 1.807) is 16.8 Å². The molecular formula is C11H17BrN2O. The van der Waals surface area contributed by atoms with Crippen LogP contribution in [0, 0.1) is 18.8 Å². The van der Waals surface area contributed by atoms with Gasteiger partial charge in [0.2, 0.25) is 0 Å². The molecule has 0 amide bonds. The molecule has 1 atom stereocenters. The Morgan fingerprint density at radius 1 is 1.47 bits per heavy atom. The standard InChI is InChI=1S/C11H17BrN2O/c1-8(2)10(6-12)7-14-11(15)5-4-9(3)13-14/h4-5,8,10H,6-7H2,1-3H3. The van der Waals surface area contributed by atoms with Gasteiger partial charge in [0, 0.05) is 17.9 Å². The lowest BCUT2D eigenvalue weighted by molar-refractivity contribution is 0.347. The number of halogens is 1. The second kappa shape index (κ2) is 5.45. The van der Waals surface area contributed by atoms with E-state index in [9.17, 15) is 4.79 Å². The molecule has 0 saturated carbocycles. The van der Waals surface area contributed by atoms with Gasteiger partial charge in [-0.05, 0) is 24.8 Å². The molecule has 0 saturated heterocycles. The number of alkyl halides is 1. The highest BCUT2D eigenvalue weighted by molar-refractivity contribution is 9.09. The van der Waals surface area contributed by atoms with Crippen molar-refractivity contribution >= 4 is 15.9 Å². The van der Waals surface area contributed by atoms with Crippen LogP contribution in [0.3, 0.4) is 0 Å². The number of aromatic nitrogens is 2. The monoisotopic (exact) mass is 272 g/mol. The minimum Gasteiger partial charge on any atom is -0.268 e. The molecule has 1 aromatic rings. The molecule has 0 fully saturated rings. The van der Waals surface area contributed by atoms with Gasteiger partial charge in [0.15, 0.2) is 0 Å². The van der Waals surface area contributed by atoms with Crippen molar-refractivity contribution in [1.29, 1.82) is 0 Å². The highest BCUT2D eigenvalue weighted by Gasteiger charge is 2.13. The lowest BCUT2D eigenvalue weighted by Gasteiger charge is -2.18. The average Bonchev–Trinajstić information content (AvgIpc) is 2.18. The molecule has 0 aromatic carbocycles. The summed E-state index contributed by atoms with van der Waals surface area (Å²) in [6, 6.07) is 3.32. The fourth-order valence-corrected chi connectivity index (χ4v) is 2.29. The van der Waals surface area contributed by atoms with Gasteiger partial charge in [-0.25, -0.2) is 4.68 Å². The largest absolute Gasteiger partial charge is 0.268 e. The Morgan fingerprint density at radius 2 is 2.13 bits per heavy atom. The molecular weight excluding hydrogens is 256 g/mol. The molecule has 1 rings (SSSR count). The molecule has 0 aliphatic rings. The molecule has 0 radical (unpaired) electrons. The van der Waals surface area contributed by atoms with Crippen LogP contribution in [0.1, 0.15) is 19.5 Å². The van der Waals surface area contributed by atoms with Gasteiger partial charge in [-0.2, -0.15) is 5.10 Å². The first-order chi connectivity index (χ1) is 7.04. The van der Waals surface area contributed by atoms with Crippen molar-refractivity contribution in [3.05, 3.63) is 28.2 Å². The third kappa shape index (κ3) is 3.45. The van der Waals surface area contributed by atoms with Crippen LogP contribution in [0.25, 0.3) is 0 Å². The highest BCUT2D eigenvalue weighted by Crippen LogP contribution is 2.14. The predicted octanol–water partition coefficient (Wildman–Crippen LogP) is 2.22. The van der Waals surface area contributed by atoms with E-state index in [4.69, 9.17) is 0 Å². The maximum atomic E-state index is 11.5. The van der Waals surface area contributed by atoms with Gasteiger partial charge in [0.25, 0.3) is 5.56 Å². The van der Waals surface area contributed by atoms with Crippen molar-refractivity contribution in [2.45, 2.75) is 27.3 Å². The van der Waals surface area contributed by atoms with Gasteiger partial charge < -0.3 is 0 Å². The highest BCUT2D eigenvalue weighted by atomic mass is 79.9. The van der Waals surface area contributed by atoms with Crippen LogP contribution in [-0.2, 0) is 6.54 Å². The Kier molecular flexibility index (Phi) is 4.51. The SMILES string of the molecule is Cc1ccc(=O)n(CC(CBr)C(C)C)n1. The van der Waals surface area contributed by atoms with Crippen molar-refractivity contribution < 1.29 is 0 Å². The fraction of sp³-hybridized carbons (Fsp3) is 0.636. The van der Waals surface area contributed by atoms with Crippen LogP contribution in [0.15, 0.2) is 16.9 Å². The molecule has 0 aliphatic heterocycles. The molecule has 3 nitrogen and oxygen atoms in total. The van der Waals surface area contributed by atoms with Gasteiger partial charge in [-0.15, -0.1) is 0 Å². The fourth-order valence-electron chi connectivity index (χ4n) is 1.34. The molecule has 84 valence electrons. The number of hydrogen-bond donors (Lipinski definition) is 0. The predicted molar refractivity (Wildman–Crippen MR) is 65.4 cm³/mol. The van der Waals surface area contributed by atoms with Gasteiger partial charge >= 0.3 is 0 Å². The summed E-state index contributed by atoms with van der Waals surface area (Å²) in [5, 5.41) is 5.12. The van der Waals surface area contributed by atoms with Gasteiger partial charge in [0.1, 0.15) is 0 Å². The first kappa shape index (κ1) is 12.4. The van der Waals surface area contributed by atoms with E-state index in [1.807, 2.05) is 6.92 Å². The zero-order valence-electron chi connectivity index (χ0n) is 9.40. The number of rotatable bonds is 4. The van der Waals surface area contributed by atoms with E-state index < -0.39 is 0 Å². The molecule has 1 aromatic heterocycles. The third-order valence-corrected chi connectivity index (χ3v) is 3.38. The average molecular weight is 273 g/mol. The number of aryl methyl sites for hydroxylation is 1. The molecule has 0 N–H and O–H groups in total. The smallest absolute Gasteiger partial charge is 0.266 e. The Balaban J connectivity index is 2.87. The number of nitrogens with zero attached hydrogens (tertiary/aromatic N) is 2. The van der Waals surface area contributed by atoms with E-state index in [0.717, 1.165) is 11.0 Å². The van der Waals surface area contributed by atoms with E-state index in [-0.39, 0.29) is 5.56 Å². The molecule has 0 aliphatic carbocycles. The second-order valence-electron chi connectivity index (χ2n) is 4.15. The summed E-state index contributed by atoms with van der Waals surface area (Å²) in [6.45, 7) is 6.90. The topological polar surface area (TPSA) is 34.9 Å². The normalized spacial score (nSPS) is 13.1. The zero-order chi connectivity index (χ0) is 11.4. The minimum absolute atomic E-state index is 0.0211. The van der Waals surface area contributed by atoms with Crippen molar-refractivity contribution in [2.24, 2.45) is 11.8 Å². The Hall–Kier alpha value is -0.640. The zero-order valence-corrected chi connectivity index (χ0v) is 11.0. The first-order valence-corrected chi connectivity index (χ1v) is 6.27. The van der Waals surface area contributed by atoms with Crippen LogP contribution in [-0.4, -0.2) is 15.1 Å². The van der Waals surface area contributed by atoms with Crippen LogP contribution in [0.4, 0.5) is 0 Å². The van der Waals surface area contributed by atoms with E-state index in [2.05, 4.69) is 34.9 Å². The minimum atomic E-state index is -0.0211. The van der Waals surface area contributed by atoms with E-state index in [0.29, 0.717) is 18.4 Å². The van der Waals surface area contributed by atoms with E-state index >= 15 is 0 Å². The third-order valence-electron chi connectivity index (χ3n) is 2.55. The number of hydrogen-bond acceptors (Lipinski definition) is 2.